The molecule has 0 unspecified atom stereocenters. The Hall–Kier alpha value is -2.42. The number of H-pyrrole nitrogens is 1. The van der Waals surface area contributed by atoms with Gasteiger partial charge in [0.1, 0.15) is 12.7 Å². The molecule has 0 radical (unpaired) electrons. The number of aryl methyl sites for hydroxylation is 1. The highest BCUT2D eigenvalue weighted by Gasteiger charge is 2.40. The molecule has 0 bridgehead atoms. The van der Waals surface area contributed by atoms with E-state index in [-0.39, 0.29) is 13.0 Å². The maximum atomic E-state index is 12.1. The first-order valence-corrected chi connectivity index (χ1v) is 7.62. The molecule has 1 N–H and O–H groups in total. The standard InChI is InChI=1S/C15H20N2O7/c1-4-10-6-17(15(21)16-13(10)20)14-12(23-9(3)19)5-11(24-14)7-22-8(2)18/h6,11-12,14H,4-5,7H2,1-3H3,(H,16,20,21)/t11-,12+,14+/m0/s1. The largest absolute Gasteiger partial charge is 0.463 e. The van der Waals surface area contributed by atoms with E-state index < -0.39 is 41.6 Å². The molecule has 9 nitrogen and oxygen atoms in total. The van der Waals surface area contributed by atoms with Gasteiger partial charge in [-0.05, 0) is 6.42 Å². The molecule has 9 heteroatoms. The van der Waals surface area contributed by atoms with Crippen LogP contribution in [0, 0.1) is 0 Å². The molecule has 2 heterocycles. The number of ether oxygens (including phenoxy) is 3. The summed E-state index contributed by atoms with van der Waals surface area (Å²) in [6.45, 7) is 4.30. The molecule has 132 valence electrons. The third-order valence-electron chi connectivity index (χ3n) is 3.63. The van der Waals surface area contributed by atoms with Gasteiger partial charge < -0.3 is 14.2 Å². The lowest BCUT2D eigenvalue weighted by Crippen LogP contribution is -2.37. The molecule has 1 aliphatic rings. The highest BCUT2D eigenvalue weighted by molar-refractivity contribution is 5.66. The number of aromatic amines is 1. The van der Waals surface area contributed by atoms with Gasteiger partial charge in [0, 0.05) is 32.0 Å². The van der Waals surface area contributed by atoms with E-state index in [1.165, 1.54) is 24.6 Å². The molecule has 1 aromatic heterocycles. The van der Waals surface area contributed by atoms with Crippen molar-refractivity contribution in [2.75, 3.05) is 6.61 Å². The van der Waals surface area contributed by atoms with Crippen molar-refractivity contribution in [1.29, 1.82) is 0 Å². The molecule has 1 fully saturated rings. The van der Waals surface area contributed by atoms with Gasteiger partial charge in [0.15, 0.2) is 6.23 Å². The second-order valence-electron chi connectivity index (χ2n) is 5.51. The summed E-state index contributed by atoms with van der Waals surface area (Å²) in [5, 5.41) is 0. The Morgan fingerprint density at radius 3 is 2.62 bits per heavy atom. The van der Waals surface area contributed by atoms with Crippen molar-refractivity contribution in [2.24, 2.45) is 0 Å². The summed E-state index contributed by atoms with van der Waals surface area (Å²) in [5.41, 5.74) is -0.715. The van der Waals surface area contributed by atoms with E-state index >= 15 is 0 Å². The van der Waals surface area contributed by atoms with Crippen LogP contribution in [0.4, 0.5) is 0 Å². The molecule has 1 saturated heterocycles. The summed E-state index contributed by atoms with van der Waals surface area (Å²) in [7, 11) is 0. The van der Waals surface area contributed by atoms with Crippen molar-refractivity contribution in [3.63, 3.8) is 0 Å². The average molecular weight is 340 g/mol. The van der Waals surface area contributed by atoms with Crippen LogP contribution in [0.1, 0.15) is 39.0 Å². The van der Waals surface area contributed by atoms with Gasteiger partial charge in [-0.25, -0.2) is 4.79 Å². The maximum Gasteiger partial charge on any atom is 0.330 e. The first-order chi connectivity index (χ1) is 11.3. The predicted octanol–water partition coefficient (Wildman–Crippen LogP) is -0.119. The molecular formula is C15H20N2O7. The molecule has 0 aromatic carbocycles. The van der Waals surface area contributed by atoms with Crippen molar-refractivity contribution in [3.8, 4) is 0 Å². The topological polar surface area (TPSA) is 117 Å². The molecule has 0 amide bonds. The number of carbonyl (C=O) groups is 2. The Kier molecular flexibility index (Phi) is 5.55. The fraction of sp³-hybridized carbons (Fsp3) is 0.600. The van der Waals surface area contributed by atoms with E-state index in [0.29, 0.717) is 12.0 Å². The SMILES string of the molecule is CCc1cn([C@@H]2O[C@H](COC(C)=O)C[C@H]2OC(C)=O)c(=O)[nH]c1=O. The number of rotatable bonds is 5. The van der Waals surface area contributed by atoms with E-state index in [2.05, 4.69) is 4.98 Å². The third kappa shape index (κ3) is 4.10. The summed E-state index contributed by atoms with van der Waals surface area (Å²) < 4.78 is 17.0. The minimum absolute atomic E-state index is 0.0116. The van der Waals surface area contributed by atoms with Gasteiger partial charge in [-0.1, -0.05) is 6.92 Å². The molecule has 2 rings (SSSR count). The van der Waals surface area contributed by atoms with Gasteiger partial charge in [0.05, 0.1) is 6.10 Å². The summed E-state index contributed by atoms with van der Waals surface area (Å²) in [6, 6.07) is 0. The van der Waals surface area contributed by atoms with Crippen LogP contribution in [-0.2, 0) is 30.2 Å². The van der Waals surface area contributed by atoms with Crippen LogP contribution < -0.4 is 11.2 Å². The Balaban J connectivity index is 2.30. The molecule has 1 aromatic rings. The lowest BCUT2D eigenvalue weighted by molar-refractivity contribution is -0.153. The van der Waals surface area contributed by atoms with Crippen molar-refractivity contribution >= 4 is 11.9 Å². The van der Waals surface area contributed by atoms with Crippen LogP contribution in [0.3, 0.4) is 0 Å². The van der Waals surface area contributed by atoms with Crippen molar-refractivity contribution in [1.82, 2.24) is 9.55 Å². The number of esters is 2. The average Bonchev–Trinajstić information content (AvgIpc) is 2.87. The number of carbonyl (C=O) groups excluding carboxylic acids is 2. The van der Waals surface area contributed by atoms with Crippen LogP contribution in [0.15, 0.2) is 15.8 Å². The van der Waals surface area contributed by atoms with Crippen molar-refractivity contribution < 1.29 is 23.8 Å². The summed E-state index contributed by atoms with van der Waals surface area (Å²) in [5.74, 6) is -0.976. The predicted molar refractivity (Wildman–Crippen MR) is 81.4 cm³/mol. The van der Waals surface area contributed by atoms with E-state index in [1.807, 2.05) is 0 Å². The maximum absolute atomic E-state index is 12.1. The molecule has 1 aliphatic heterocycles. The Morgan fingerprint density at radius 1 is 1.33 bits per heavy atom. The first-order valence-electron chi connectivity index (χ1n) is 7.62. The Bertz CT molecular complexity index is 736. The molecular weight excluding hydrogens is 320 g/mol. The minimum Gasteiger partial charge on any atom is -0.463 e. The van der Waals surface area contributed by atoms with E-state index in [9.17, 15) is 19.2 Å². The lowest BCUT2D eigenvalue weighted by Gasteiger charge is -2.20. The van der Waals surface area contributed by atoms with Gasteiger partial charge in [-0.15, -0.1) is 0 Å². The zero-order valence-electron chi connectivity index (χ0n) is 13.7. The zero-order chi connectivity index (χ0) is 17.9. The van der Waals surface area contributed by atoms with Crippen LogP contribution >= 0.6 is 0 Å². The first kappa shape index (κ1) is 17.9. The smallest absolute Gasteiger partial charge is 0.330 e. The van der Waals surface area contributed by atoms with Gasteiger partial charge in [0.2, 0.25) is 0 Å². The zero-order valence-corrected chi connectivity index (χ0v) is 13.7. The number of hydrogen-bond donors (Lipinski definition) is 1. The van der Waals surface area contributed by atoms with Crippen LogP contribution in [0.25, 0.3) is 0 Å². The van der Waals surface area contributed by atoms with E-state index in [1.54, 1.807) is 6.92 Å². The van der Waals surface area contributed by atoms with Crippen molar-refractivity contribution in [2.45, 2.75) is 52.0 Å². The highest BCUT2D eigenvalue weighted by Crippen LogP contribution is 2.30. The Morgan fingerprint density at radius 2 is 2.04 bits per heavy atom. The second kappa shape index (κ2) is 7.43. The molecule has 0 aliphatic carbocycles. The third-order valence-corrected chi connectivity index (χ3v) is 3.63. The van der Waals surface area contributed by atoms with Crippen LogP contribution in [0.5, 0.6) is 0 Å². The fourth-order valence-corrected chi connectivity index (χ4v) is 2.57. The van der Waals surface area contributed by atoms with Gasteiger partial charge >= 0.3 is 17.6 Å². The minimum atomic E-state index is -0.899. The van der Waals surface area contributed by atoms with Gasteiger partial charge in [0.25, 0.3) is 5.56 Å². The summed E-state index contributed by atoms with van der Waals surface area (Å²) >= 11 is 0. The molecule has 3 atom stereocenters. The second-order valence-corrected chi connectivity index (χ2v) is 5.51. The van der Waals surface area contributed by atoms with Crippen molar-refractivity contribution in [3.05, 3.63) is 32.6 Å². The van der Waals surface area contributed by atoms with E-state index in [4.69, 9.17) is 14.2 Å². The van der Waals surface area contributed by atoms with Gasteiger partial charge in [-0.3, -0.25) is 23.9 Å². The molecule has 0 saturated carbocycles. The molecule has 24 heavy (non-hydrogen) atoms. The van der Waals surface area contributed by atoms with Crippen LogP contribution in [-0.4, -0.2) is 40.3 Å². The quantitative estimate of drug-likeness (QED) is 0.743. The Labute approximate surface area is 137 Å². The van der Waals surface area contributed by atoms with Crippen LogP contribution in [0.2, 0.25) is 0 Å². The number of hydrogen-bond acceptors (Lipinski definition) is 7. The summed E-state index contributed by atoms with van der Waals surface area (Å²) in [6.07, 6.45) is -0.0499. The molecule has 0 spiro atoms. The number of aromatic nitrogens is 2. The van der Waals surface area contributed by atoms with E-state index in [0.717, 1.165) is 0 Å². The highest BCUT2D eigenvalue weighted by atomic mass is 16.6. The monoisotopic (exact) mass is 340 g/mol. The fourth-order valence-electron chi connectivity index (χ4n) is 2.57. The normalized spacial score (nSPS) is 23.0. The number of nitrogens with zero attached hydrogens (tertiary/aromatic N) is 1. The lowest BCUT2D eigenvalue weighted by atomic mass is 10.2. The van der Waals surface area contributed by atoms with Gasteiger partial charge in [-0.2, -0.15) is 0 Å². The summed E-state index contributed by atoms with van der Waals surface area (Å²) in [4.78, 5) is 48.2. The number of nitrogens with one attached hydrogen (secondary N) is 1.